The summed E-state index contributed by atoms with van der Waals surface area (Å²) in [5, 5.41) is 56.4. The van der Waals surface area contributed by atoms with Crippen LogP contribution in [0.4, 0.5) is 48.3 Å². The Hall–Kier alpha value is -6.95. The van der Waals surface area contributed by atoms with Crippen LogP contribution in [0.25, 0.3) is 16.7 Å². The van der Waals surface area contributed by atoms with E-state index in [4.69, 9.17) is 15.8 Å². The van der Waals surface area contributed by atoms with Crippen LogP contribution < -0.4 is 0 Å². The van der Waals surface area contributed by atoms with Crippen LogP contribution in [-0.2, 0) is 0 Å². The van der Waals surface area contributed by atoms with E-state index >= 15 is 26.3 Å². The molecule has 0 N–H and O–H groups in total. The summed E-state index contributed by atoms with van der Waals surface area (Å²) in [4.78, 5) is 0. The highest BCUT2D eigenvalue weighted by molar-refractivity contribution is 6.12. The molecule has 48 heavy (non-hydrogen) atoms. The molecule has 4 rings (SSSR count). The number of hydrogen-bond acceptors (Lipinski definition) is 6. The molecule has 234 valence electrons. The Kier molecular flexibility index (Phi) is 8.55. The zero-order valence-corrected chi connectivity index (χ0v) is 22.8. The summed E-state index contributed by atoms with van der Waals surface area (Å²) in [6, 6.07) is 5.92. The van der Waals surface area contributed by atoms with Gasteiger partial charge in [-0.15, -0.1) is 0 Å². The van der Waals surface area contributed by atoms with E-state index in [1.165, 1.54) is 0 Å². The van der Waals surface area contributed by atoms with Crippen molar-refractivity contribution in [1.29, 1.82) is 31.6 Å². The van der Waals surface area contributed by atoms with Crippen LogP contribution in [-0.4, -0.2) is 0 Å². The lowest BCUT2D eigenvalue weighted by molar-refractivity contribution is 0.446. The lowest BCUT2D eigenvalue weighted by Gasteiger charge is -2.09. The van der Waals surface area contributed by atoms with Gasteiger partial charge in [-0.25, -0.2) is 48.3 Å². The Morgan fingerprint density at radius 1 is 0.354 bits per heavy atom. The largest absolute Gasteiger partial charge is 0.206 e. The van der Waals surface area contributed by atoms with Gasteiger partial charge >= 0.3 is 0 Å². The van der Waals surface area contributed by atoms with Gasteiger partial charge in [0.25, 0.3) is 0 Å². The van der Waals surface area contributed by atoms with Crippen molar-refractivity contribution in [2.24, 2.45) is 0 Å². The van der Waals surface area contributed by atoms with Crippen LogP contribution >= 0.6 is 0 Å². The van der Waals surface area contributed by atoms with Crippen LogP contribution in [0.3, 0.4) is 0 Å². The van der Waals surface area contributed by atoms with Gasteiger partial charge in [0, 0.05) is 22.3 Å². The maximum Gasteiger partial charge on any atom is 0.180 e. The van der Waals surface area contributed by atoms with Crippen molar-refractivity contribution >= 4 is 16.7 Å². The molecule has 3 aromatic rings. The molecule has 0 unspecified atom stereocenters. The second-order valence-electron chi connectivity index (χ2n) is 9.25. The number of nitrogens with zero attached hydrogens (tertiary/aromatic N) is 6. The first-order valence-corrected chi connectivity index (χ1v) is 12.2. The van der Waals surface area contributed by atoms with Crippen LogP contribution in [0.5, 0.6) is 0 Å². The lowest BCUT2D eigenvalue weighted by atomic mass is 9.96. The predicted molar refractivity (Wildman–Crippen MR) is 135 cm³/mol. The van der Waals surface area contributed by atoms with Gasteiger partial charge in [-0.2, -0.15) is 31.6 Å². The number of rotatable bonds is 3. The third-order valence-corrected chi connectivity index (χ3v) is 6.94. The van der Waals surface area contributed by atoms with E-state index < -0.39 is 136 Å². The first-order chi connectivity index (χ1) is 22.6. The first-order valence-electron chi connectivity index (χ1n) is 12.2. The van der Waals surface area contributed by atoms with Crippen LogP contribution in [0.1, 0.15) is 38.9 Å². The van der Waals surface area contributed by atoms with Crippen LogP contribution in [0.15, 0.2) is 16.7 Å². The van der Waals surface area contributed by atoms with Gasteiger partial charge in [0.1, 0.15) is 53.4 Å². The number of halogens is 11. The normalized spacial score (nSPS) is 13.8. The summed E-state index contributed by atoms with van der Waals surface area (Å²) in [6.45, 7) is 0.724. The molecule has 1 fully saturated rings. The zero-order valence-electron chi connectivity index (χ0n) is 22.8. The average molecular weight is 668 g/mol. The van der Waals surface area contributed by atoms with Crippen molar-refractivity contribution in [3.63, 3.8) is 0 Å². The summed E-state index contributed by atoms with van der Waals surface area (Å²) in [5.74, 6) is -25.7. The van der Waals surface area contributed by atoms with Gasteiger partial charge in [0.05, 0.1) is 39.0 Å². The number of allylic oxidation sites excluding steroid dienone is 6. The van der Waals surface area contributed by atoms with Crippen LogP contribution in [0.2, 0.25) is 0 Å². The minimum Gasteiger partial charge on any atom is -0.206 e. The molecule has 6 nitrogen and oxygen atoms in total. The molecule has 0 spiro atoms. The van der Waals surface area contributed by atoms with Crippen molar-refractivity contribution < 1.29 is 48.3 Å². The third-order valence-electron chi connectivity index (χ3n) is 6.94. The molecule has 0 bridgehead atoms. The number of benzene rings is 3. The SMILES string of the molecule is Cc1c(F)c(C(C#N)=C2C(=C(C#N)c3c(F)c(F)c(C#N)c(F)c3F)C2=C(C#N)c2c(F)c(F)c(C#N)c(F)c2F)c(F)c(F)c1C#N. The van der Waals surface area contributed by atoms with Crippen molar-refractivity contribution in [3.05, 3.63) is 120 Å². The Labute approximate surface area is 259 Å². The Morgan fingerprint density at radius 3 is 0.812 bits per heavy atom. The molecular formula is C31H3F11N6. The van der Waals surface area contributed by atoms with Crippen molar-refractivity contribution in [1.82, 2.24) is 0 Å². The summed E-state index contributed by atoms with van der Waals surface area (Å²) >= 11 is 0. The smallest absolute Gasteiger partial charge is 0.180 e. The summed E-state index contributed by atoms with van der Waals surface area (Å²) in [6.07, 6.45) is 0. The predicted octanol–water partition coefficient (Wildman–Crippen LogP) is 7.39. The van der Waals surface area contributed by atoms with Crippen LogP contribution in [0, 0.1) is 139 Å². The highest BCUT2D eigenvalue weighted by atomic mass is 19.2. The Morgan fingerprint density at radius 2 is 0.583 bits per heavy atom. The van der Waals surface area contributed by atoms with E-state index in [0.717, 1.165) is 43.3 Å². The minimum atomic E-state index is -2.47. The molecule has 1 aliphatic rings. The van der Waals surface area contributed by atoms with Gasteiger partial charge in [-0.1, -0.05) is 0 Å². The topological polar surface area (TPSA) is 143 Å². The van der Waals surface area contributed by atoms with E-state index in [2.05, 4.69) is 0 Å². The highest BCUT2D eigenvalue weighted by Crippen LogP contribution is 2.57. The second-order valence-corrected chi connectivity index (χ2v) is 9.25. The standard InChI is InChI=1S/C31H3F11N6/c1-8-9(2-43)22(33)27(38)18(21(8)32)10(3-44)15-16(11(4-45)19-28(39)23(34)13(6-47)24(35)29(19)40)17(15)12(5-46)20-30(41)25(36)14(7-48)26(37)31(20)42/h1H3. The molecule has 3 aromatic carbocycles. The van der Waals surface area contributed by atoms with E-state index in [1.54, 1.807) is 0 Å². The Bertz CT molecular complexity index is 2060. The monoisotopic (exact) mass is 668 g/mol. The third kappa shape index (κ3) is 4.58. The maximum atomic E-state index is 15.4. The first kappa shape index (κ1) is 33.9. The van der Waals surface area contributed by atoms with Gasteiger partial charge in [-0.05, 0) is 6.92 Å². The van der Waals surface area contributed by atoms with Crippen molar-refractivity contribution in [2.75, 3.05) is 0 Å². The van der Waals surface area contributed by atoms with E-state index in [9.17, 15) is 37.7 Å². The molecule has 0 saturated heterocycles. The molecule has 0 aliphatic heterocycles. The minimum absolute atomic E-state index is 0.724. The summed E-state index contributed by atoms with van der Waals surface area (Å²) in [5.41, 5.74) is -20.3. The molecule has 0 aromatic heterocycles. The van der Waals surface area contributed by atoms with Gasteiger partial charge < -0.3 is 0 Å². The van der Waals surface area contributed by atoms with Gasteiger partial charge in [0.15, 0.2) is 58.2 Å². The van der Waals surface area contributed by atoms with E-state index in [1.807, 2.05) is 0 Å². The molecule has 17 heteroatoms. The maximum absolute atomic E-state index is 15.4. The molecular weight excluding hydrogens is 665 g/mol. The molecule has 0 amide bonds. The molecule has 0 heterocycles. The molecule has 0 atom stereocenters. The fourth-order valence-electron chi connectivity index (χ4n) is 4.68. The van der Waals surface area contributed by atoms with Gasteiger partial charge in [0.2, 0.25) is 0 Å². The quantitative estimate of drug-likeness (QED) is 0.162. The zero-order chi connectivity index (χ0) is 36.1. The fraction of sp³-hybridized carbons (Fsp3) is 0.0323. The number of hydrogen-bond donors (Lipinski definition) is 0. The Balaban J connectivity index is 2.38. The summed E-state index contributed by atoms with van der Waals surface area (Å²) in [7, 11) is 0. The molecule has 0 radical (unpaired) electrons. The fourth-order valence-corrected chi connectivity index (χ4v) is 4.68. The lowest BCUT2D eigenvalue weighted by Crippen LogP contribution is -2.06. The van der Waals surface area contributed by atoms with E-state index in [-0.39, 0.29) is 0 Å². The van der Waals surface area contributed by atoms with Gasteiger partial charge in [-0.3, -0.25) is 0 Å². The summed E-state index contributed by atoms with van der Waals surface area (Å²) < 4.78 is 164. The number of nitriles is 6. The molecule has 1 aliphatic carbocycles. The van der Waals surface area contributed by atoms with Crippen molar-refractivity contribution in [3.8, 4) is 36.4 Å². The van der Waals surface area contributed by atoms with Crippen molar-refractivity contribution in [2.45, 2.75) is 6.92 Å². The second kappa shape index (κ2) is 12.1. The average Bonchev–Trinajstić information content (AvgIpc) is 3.78. The highest BCUT2D eigenvalue weighted by Gasteiger charge is 2.46. The van der Waals surface area contributed by atoms with E-state index in [0.29, 0.717) is 0 Å². The molecule has 1 saturated carbocycles.